The van der Waals surface area contributed by atoms with Crippen LogP contribution in [0.4, 0.5) is 24.8 Å². The fourth-order valence-electron chi connectivity index (χ4n) is 3.75. The van der Waals surface area contributed by atoms with E-state index in [0.29, 0.717) is 33.7 Å². The number of ether oxygens (including phenoxy) is 2. The van der Waals surface area contributed by atoms with Crippen molar-refractivity contribution < 1.29 is 22.6 Å². The Morgan fingerprint density at radius 3 is 2.43 bits per heavy atom. The first-order valence-corrected chi connectivity index (χ1v) is 11.6. The van der Waals surface area contributed by atoms with Gasteiger partial charge >= 0.3 is 6.18 Å². The van der Waals surface area contributed by atoms with Crippen LogP contribution in [-0.4, -0.2) is 38.3 Å². The maximum absolute atomic E-state index is 13.4. The number of aromatic nitrogens is 5. The Bertz CT molecular complexity index is 1650. The molecule has 13 heteroatoms. The number of anilines is 2. The molecule has 0 spiro atoms. The molecule has 0 unspecified atom stereocenters. The van der Waals surface area contributed by atoms with Crippen molar-refractivity contribution in [1.82, 2.24) is 24.1 Å². The van der Waals surface area contributed by atoms with Gasteiger partial charge in [-0.15, -0.1) is 0 Å². The zero-order valence-corrected chi connectivity index (χ0v) is 20.5. The van der Waals surface area contributed by atoms with E-state index in [0.717, 1.165) is 15.4 Å². The predicted molar refractivity (Wildman–Crippen MR) is 133 cm³/mol. The average Bonchev–Trinajstić information content (AvgIpc) is 3.46. The van der Waals surface area contributed by atoms with E-state index in [-0.39, 0.29) is 23.0 Å². The minimum absolute atomic E-state index is 0.103. The molecule has 0 bridgehead atoms. The largest absolute Gasteiger partial charge is 0.497 e. The zero-order valence-electron chi connectivity index (χ0n) is 19.7. The Morgan fingerprint density at radius 2 is 1.78 bits per heavy atom. The summed E-state index contributed by atoms with van der Waals surface area (Å²) in [4.78, 5) is 21.1. The van der Waals surface area contributed by atoms with Crippen LogP contribution in [0.2, 0.25) is 0 Å². The second kappa shape index (κ2) is 9.24. The van der Waals surface area contributed by atoms with Gasteiger partial charge in [0.2, 0.25) is 5.95 Å². The number of H-pyrrole nitrogens is 1. The minimum atomic E-state index is -4.63. The summed E-state index contributed by atoms with van der Waals surface area (Å²) >= 11 is 1.19. The number of benzene rings is 2. The maximum atomic E-state index is 13.4. The van der Waals surface area contributed by atoms with Crippen molar-refractivity contribution in [2.75, 3.05) is 19.5 Å². The van der Waals surface area contributed by atoms with Gasteiger partial charge in [-0.1, -0.05) is 17.6 Å². The molecule has 5 aromatic rings. The van der Waals surface area contributed by atoms with Crippen LogP contribution in [-0.2, 0) is 6.18 Å². The molecule has 5 rings (SSSR count). The number of nitrogens with one attached hydrogen (secondary N) is 2. The SMILES string of the molecule is COc1cc(Nc2ncc(-c3ccc4s[nH]c(=O)c4c3)c(-n3nc(C(F)(F)F)cc3C)n2)cc(OC)c1. The summed E-state index contributed by atoms with van der Waals surface area (Å²) in [5.41, 5.74) is 0.381. The second-order valence-electron chi connectivity index (χ2n) is 7.98. The van der Waals surface area contributed by atoms with Crippen LogP contribution in [0, 0.1) is 6.92 Å². The number of aryl methyl sites for hydroxylation is 1. The van der Waals surface area contributed by atoms with E-state index in [4.69, 9.17) is 9.47 Å². The number of methoxy groups -OCH3 is 2. The third kappa shape index (κ3) is 4.72. The summed E-state index contributed by atoms with van der Waals surface area (Å²) < 4.78 is 55.4. The molecular weight excluding hydrogens is 509 g/mol. The number of halogens is 3. The fourth-order valence-corrected chi connectivity index (χ4v) is 4.46. The number of hydrogen-bond acceptors (Lipinski definition) is 8. The van der Waals surface area contributed by atoms with Gasteiger partial charge in [0.05, 0.1) is 24.3 Å². The molecule has 2 aromatic carbocycles. The molecule has 3 heterocycles. The molecule has 9 nitrogen and oxygen atoms in total. The van der Waals surface area contributed by atoms with Crippen LogP contribution in [0.5, 0.6) is 11.5 Å². The van der Waals surface area contributed by atoms with Crippen molar-refractivity contribution >= 4 is 33.3 Å². The summed E-state index contributed by atoms with van der Waals surface area (Å²) in [6.45, 7) is 1.50. The van der Waals surface area contributed by atoms with Crippen LogP contribution in [0.3, 0.4) is 0 Å². The van der Waals surface area contributed by atoms with E-state index in [9.17, 15) is 18.0 Å². The highest BCUT2D eigenvalue weighted by Crippen LogP contribution is 2.33. The molecular formula is C24H19F3N6O3S. The molecule has 0 atom stereocenters. The Labute approximate surface area is 211 Å². The molecule has 0 aliphatic heterocycles. The Hall–Kier alpha value is -4.39. The number of aromatic amines is 1. The van der Waals surface area contributed by atoms with Crippen molar-refractivity contribution in [3.63, 3.8) is 0 Å². The van der Waals surface area contributed by atoms with E-state index in [1.165, 1.54) is 38.9 Å². The van der Waals surface area contributed by atoms with Gasteiger partial charge in [-0.05, 0) is 30.7 Å². The third-order valence-electron chi connectivity index (χ3n) is 5.54. The van der Waals surface area contributed by atoms with E-state index in [2.05, 4.69) is 24.8 Å². The molecule has 0 fully saturated rings. The first-order valence-electron chi connectivity index (χ1n) is 10.8. The van der Waals surface area contributed by atoms with Gasteiger partial charge < -0.3 is 14.8 Å². The lowest BCUT2D eigenvalue weighted by Crippen LogP contribution is -2.10. The Kier molecular flexibility index (Phi) is 6.07. The summed E-state index contributed by atoms with van der Waals surface area (Å²) in [5, 5.41) is 7.26. The van der Waals surface area contributed by atoms with E-state index >= 15 is 0 Å². The molecule has 0 radical (unpaired) electrons. The van der Waals surface area contributed by atoms with Crippen LogP contribution < -0.4 is 20.3 Å². The number of alkyl halides is 3. The van der Waals surface area contributed by atoms with Crippen molar-refractivity contribution in [3.8, 4) is 28.4 Å². The monoisotopic (exact) mass is 528 g/mol. The summed E-state index contributed by atoms with van der Waals surface area (Å²) in [6.07, 6.45) is -3.16. The maximum Gasteiger partial charge on any atom is 0.435 e. The van der Waals surface area contributed by atoms with Crippen molar-refractivity contribution in [2.24, 2.45) is 0 Å². The van der Waals surface area contributed by atoms with E-state index in [1.54, 1.807) is 36.4 Å². The smallest absolute Gasteiger partial charge is 0.435 e. The van der Waals surface area contributed by atoms with Crippen molar-refractivity contribution in [1.29, 1.82) is 0 Å². The van der Waals surface area contributed by atoms with Gasteiger partial charge in [0.1, 0.15) is 11.5 Å². The van der Waals surface area contributed by atoms with Gasteiger partial charge in [-0.2, -0.15) is 23.3 Å². The second-order valence-corrected chi connectivity index (χ2v) is 8.83. The molecule has 3 aromatic heterocycles. The lowest BCUT2D eigenvalue weighted by atomic mass is 10.1. The topological polar surface area (TPSA) is 107 Å². The molecule has 0 aliphatic carbocycles. The molecule has 2 N–H and O–H groups in total. The van der Waals surface area contributed by atoms with Crippen molar-refractivity contribution in [3.05, 3.63) is 70.4 Å². The van der Waals surface area contributed by atoms with E-state index < -0.39 is 11.9 Å². The van der Waals surface area contributed by atoms with Gasteiger partial charge in [-0.25, -0.2) is 9.67 Å². The highest BCUT2D eigenvalue weighted by Gasteiger charge is 2.35. The molecule has 37 heavy (non-hydrogen) atoms. The summed E-state index contributed by atoms with van der Waals surface area (Å²) in [5.74, 6) is 1.25. The molecule has 0 aliphatic rings. The number of rotatable bonds is 6. The first-order chi connectivity index (χ1) is 17.7. The predicted octanol–water partition coefficient (Wildman–Crippen LogP) is 5.32. The molecule has 190 valence electrons. The standard InChI is InChI=1S/C24H19F3N6O3S/c1-12-6-20(24(25,26)27)31-33(12)21-18(13-4-5-19-17(7-13)22(34)32-37-19)11-28-23(30-21)29-14-8-15(35-2)10-16(9-14)36-3/h4-11H,1-3H3,(H,32,34)(H,28,29,30). The Morgan fingerprint density at radius 1 is 1.05 bits per heavy atom. The van der Waals surface area contributed by atoms with Crippen molar-refractivity contribution in [2.45, 2.75) is 13.1 Å². The number of hydrogen-bond donors (Lipinski definition) is 2. The van der Waals surface area contributed by atoms with E-state index in [1.807, 2.05) is 0 Å². The van der Waals surface area contributed by atoms with Crippen LogP contribution in [0.25, 0.3) is 27.0 Å². The van der Waals surface area contributed by atoms with Gasteiger partial charge in [0, 0.05) is 41.3 Å². The quantitative estimate of drug-likeness (QED) is 0.307. The van der Waals surface area contributed by atoms with Gasteiger partial charge in [-0.3, -0.25) is 9.17 Å². The average molecular weight is 529 g/mol. The lowest BCUT2D eigenvalue weighted by molar-refractivity contribution is -0.141. The molecule has 0 saturated carbocycles. The highest BCUT2D eigenvalue weighted by atomic mass is 32.1. The van der Waals surface area contributed by atoms with Crippen LogP contribution in [0.15, 0.2) is 53.5 Å². The normalized spacial score (nSPS) is 11.6. The first kappa shape index (κ1) is 24.3. The van der Waals surface area contributed by atoms with Gasteiger partial charge in [0.15, 0.2) is 11.5 Å². The summed E-state index contributed by atoms with van der Waals surface area (Å²) in [6, 6.07) is 11.2. The highest BCUT2D eigenvalue weighted by molar-refractivity contribution is 7.13. The number of fused-ring (bicyclic) bond motifs is 1. The Balaban J connectivity index is 1.66. The zero-order chi connectivity index (χ0) is 26.3. The van der Waals surface area contributed by atoms with Crippen LogP contribution in [0.1, 0.15) is 11.4 Å². The van der Waals surface area contributed by atoms with Gasteiger partial charge in [0.25, 0.3) is 5.56 Å². The lowest BCUT2D eigenvalue weighted by Gasteiger charge is -2.14. The van der Waals surface area contributed by atoms with Crippen LogP contribution >= 0.6 is 11.5 Å². The molecule has 0 saturated heterocycles. The number of nitrogens with zero attached hydrogens (tertiary/aromatic N) is 4. The minimum Gasteiger partial charge on any atom is -0.497 e. The summed E-state index contributed by atoms with van der Waals surface area (Å²) in [7, 11) is 3.02. The fraction of sp³-hybridized carbons (Fsp3) is 0.167. The molecule has 0 amide bonds. The third-order valence-corrected chi connectivity index (χ3v) is 6.41.